The Morgan fingerprint density at radius 2 is 1.64 bits per heavy atom. The molecule has 0 amide bonds. The van der Waals surface area contributed by atoms with E-state index in [-0.39, 0.29) is 25.4 Å². The van der Waals surface area contributed by atoms with E-state index in [0.717, 1.165) is 6.42 Å². The first-order valence-electron chi connectivity index (χ1n) is 16.0. The minimum Gasteiger partial charge on any atom is -0.453 e. The number of carbonyl (C=O) groups excluding carboxylic acids is 1. The molecule has 0 unspecified atom stereocenters. The summed E-state index contributed by atoms with van der Waals surface area (Å²) in [5.41, 5.74) is -8.96. The summed E-state index contributed by atoms with van der Waals surface area (Å²) >= 11 is 0. The monoisotopic (exact) mass is 591 g/mol. The van der Waals surface area contributed by atoms with Crippen molar-refractivity contribution < 1.29 is 44.9 Å². The van der Waals surface area contributed by atoms with Crippen LogP contribution in [0.25, 0.3) is 0 Å². The van der Waals surface area contributed by atoms with Crippen molar-refractivity contribution in [2.24, 2.45) is 29.1 Å². The van der Waals surface area contributed by atoms with Crippen molar-refractivity contribution in [2.45, 2.75) is 138 Å². The van der Waals surface area contributed by atoms with Crippen LogP contribution in [0.2, 0.25) is 0 Å². The molecule has 3 aliphatic heterocycles. The van der Waals surface area contributed by atoms with E-state index >= 15 is 0 Å². The van der Waals surface area contributed by atoms with Gasteiger partial charge in [0.25, 0.3) is 0 Å². The van der Waals surface area contributed by atoms with Gasteiger partial charge in [-0.25, -0.2) is 4.79 Å². The maximum atomic E-state index is 12.9. The fraction of sp³-hybridized carbons (Fsp3) is 0.906. The lowest BCUT2D eigenvalue weighted by atomic mass is 9.49. The lowest BCUT2D eigenvalue weighted by Crippen LogP contribution is -2.85. The molecule has 0 aromatic rings. The number of hydrogen-bond acceptors (Lipinski definition) is 10. The Hall–Kier alpha value is -1.11. The number of piperidine rings is 2. The summed E-state index contributed by atoms with van der Waals surface area (Å²) in [7, 11) is 0. The molecule has 3 heterocycles. The number of aliphatic hydroxyl groups excluding tert-OH is 1. The third kappa shape index (κ3) is 3.07. The van der Waals surface area contributed by atoms with E-state index in [1.54, 1.807) is 26.8 Å². The molecule has 0 aromatic carbocycles. The lowest BCUT2D eigenvalue weighted by molar-refractivity contribution is -0.354. The van der Waals surface area contributed by atoms with Crippen LogP contribution < -0.4 is 0 Å². The molecule has 10 nitrogen and oxygen atoms in total. The summed E-state index contributed by atoms with van der Waals surface area (Å²) in [4.78, 5) is 14.9. The highest BCUT2D eigenvalue weighted by atomic mass is 16.7. The molecule has 7 aliphatic rings. The van der Waals surface area contributed by atoms with Crippen LogP contribution in [-0.4, -0.2) is 107 Å². The number of rotatable bonds is 2. The number of allylic oxidation sites excluding steroid dienone is 1. The number of carbonyl (C=O) groups is 1. The highest BCUT2D eigenvalue weighted by Gasteiger charge is 2.88. The molecular weight excluding hydrogens is 542 g/mol. The number of esters is 1. The Morgan fingerprint density at radius 3 is 2.33 bits per heavy atom. The quantitative estimate of drug-likeness (QED) is 0.202. The molecule has 1 spiro atoms. The SMILES string of the molecule is C/C=C(/C)C(=O)O[C@@H]1CC[C@]2(C)[C@H]3CC[C@H]4[C@@]5(O)C[C@@H](O)[C@]6(O)[C@@H](CN7C[C@H](C)CC[C@@H]7[C@@]6(C)O)[C@@]5(O)C[C@@]42O[C@]13O. The average molecular weight is 592 g/mol. The smallest absolute Gasteiger partial charge is 0.333 e. The van der Waals surface area contributed by atoms with E-state index in [1.807, 2.05) is 6.92 Å². The molecule has 0 radical (unpaired) electrons. The lowest BCUT2D eigenvalue weighted by Gasteiger charge is -2.68. The van der Waals surface area contributed by atoms with Gasteiger partial charge in [0.15, 0.2) is 6.10 Å². The number of fused-ring (bicyclic) bond motifs is 5. The minimum absolute atomic E-state index is 0.0606. The number of ether oxygens (including phenoxy) is 2. The van der Waals surface area contributed by atoms with E-state index in [1.165, 1.54) is 0 Å². The Bertz CT molecular complexity index is 1220. The van der Waals surface area contributed by atoms with Gasteiger partial charge in [0.2, 0.25) is 5.79 Å². The zero-order chi connectivity index (χ0) is 30.5. The molecular formula is C32H49NO9. The van der Waals surface area contributed by atoms with E-state index in [4.69, 9.17) is 9.47 Å². The molecule has 7 fully saturated rings. The summed E-state index contributed by atoms with van der Waals surface area (Å²) in [5.74, 6) is -4.05. The van der Waals surface area contributed by atoms with Gasteiger partial charge in [-0.05, 0) is 65.2 Å². The van der Waals surface area contributed by atoms with Crippen LogP contribution in [0.15, 0.2) is 11.6 Å². The second-order valence-electron chi connectivity index (χ2n) is 15.7. The molecule has 4 saturated carbocycles. The van der Waals surface area contributed by atoms with Gasteiger partial charge in [-0.1, -0.05) is 19.9 Å². The fourth-order valence-electron chi connectivity index (χ4n) is 11.8. The van der Waals surface area contributed by atoms with Gasteiger partial charge in [-0.3, -0.25) is 4.90 Å². The Labute approximate surface area is 247 Å². The van der Waals surface area contributed by atoms with Crippen molar-refractivity contribution >= 4 is 5.97 Å². The van der Waals surface area contributed by atoms with Crippen molar-refractivity contribution in [3.63, 3.8) is 0 Å². The van der Waals surface area contributed by atoms with Crippen LogP contribution in [-0.2, 0) is 14.3 Å². The summed E-state index contributed by atoms with van der Waals surface area (Å²) in [6.45, 7) is 10.1. The van der Waals surface area contributed by atoms with E-state index in [2.05, 4.69) is 11.8 Å². The van der Waals surface area contributed by atoms with Gasteiger partial charge >= 0.3 is 5.97 Å². The number of hydrogen-bond donors (Lipinski definition) is 6. The van der Waals surface area contributed by atoms with Gasteiger partial charge in [0, 0.05) is 60.7 Å². The molecule has 4 aliphatic carbocycles. The zero-order valence-corrected chi connectivity index (χ0v) is 25.5. The number of nitrogens with zero attached hydrogens (tertiary/aromatic N) is 1. The van der Waals surface area contributed by atoms with Crippen LogP contribution in [0.5, 0.6) is 0 Å². The minimum atomic E-state index is -2.06. The first-order valence-corrected chi connectivity index (χ1v) is 16.0. The molecule has 10 heteroatoms. The van der Waals surface area contributed by atoms with Crippen molar-refractivity contribution in [2.75, 3.05) is 13.1 Å². The summed E-state index contributed by atoms with van der Waals surface area (Å²) < 4.78 is 12.6. The highest BCUT2D eigenvalue weighted by molar-refractivity contribution is 5.87. The van der Waals surface area contributed by atoms with Crippen molar-refractivity contribution in [1.82, 2.24) is 4.90 Å². The topological polar surface area (TPSA) is 160 Å². The van der Waals surface area contributed by atoms with Gasteiger partial charge in [-0.15, -0.1) is 0 Å². The highest BCUT2D eigenvalue weighted by Crippen LogP contribution is 2.78. The molecule has 14 atom stereocenters. The van der Waals surface area contributed by atoms with Gasteiger partial charge in [0.1, 0.15) is 22.4 Å². The first-order chi connectivity index (χ1) is 19.5. The van der Waals surface area contributed by atoms with Gasteiger partial charge in [-0.2, -0.15) is 0 Å². The second-order valence-corrected chi connectivity index (χ2v) is 15.7. The molecule has 236 valence electrons. The van der Waals surface area contributed by atoms with Gasteiger partial charge < -0.3 is 40.1 Å². The third-order valence-electron chi connectivity index (χ3n) is 14.1. The predicted molar refractivity (Wildman–Crippen MR) is 150 cm³/mol. The predicted octanol–water partition coefficient (Wildman–Crippen LogP) is 0.991. The van der Waals surface area contributed by atoms with Crippen LogP contribution in [0.1, 0.15) is 86.0 Å². The Kier molecular flexibility index (Phi) is 6.04. The molecule has 4 bridgehead atoms. The van der Waals surface area contributed by atoms with Crippen LogP contribution >= 0.6 is 0 Å². The summed E-state index contributed by atoms with van der Waals surface area (Å²) in [5, 5.41) is 73.9. The van der Waals surface area contributed by atoms with E-state index < -0.39 is 75.1 Å². The largest absolute Gasteiger partial charge is 0.453 e. The molecule has 0 aromatic heterocycles. The Morgan fingerprint density at radius 1 is 0.952 bits per heavy atom. The van der Waals surface area contributed by atoms with Crippen LogP contribution in [0.4, 0.5) is 0 Å². The van der Waals surface area contributed by atoms with E-state index in [0.29, 0.717) is 50.1 Å². The molecule has 7 rings (SSSR count). The maximum absolute atomic E-state index is 12.9. The van der Waals surface area contributed by atoms with Gasteiger partial charge in [0.05, 0.1) is 11.7 Å². The van der Waals surface area contributed by atoms with Crippen LogP contribution in [0.3, 0.4) is 0 Å². The van der Waals surface area contributed by atoms with Crippen molar-refractivity contribution in [1.29, 1.82) is 0 Å². The first kappa shape index (κ1) is 29.6. The standard InChI is InChI=1S/C32H49NO9/c1-6-18(3)25(35)41-24-11-12-26(4)19-8-9-20-28(37)13-23(34)31(39)21(29(28,38)16-30(20,26)42-32(19,24)40)15-33-14-17(2)7-10-22(33)27(31,5)36/h6,17,19-24,34,36-40H,7-16H2,1-5H3/b18-6-/t17-,19-,20+,21+,22-,23-,24-,26-,27-,28+,29+,30-,31-,32+/m1/s1. The van der Waals surface area contributed by atoms with Crippen LogP contribution in [0, 0.1) is 29.1 Å². The van der Waals surface area contributed by atoms with E-state index in [9.17, 15) is 35.4 Å². The van der Waals surface area contributed by atoms with Crippen molar-refractivity contribution in [3.05, 3.63) is 11.6 Å². The van der Waals surface area contributed by atoms with Crippen molar-refractivity contribution in [3.8, 4) is 0 Å². The summed E-state index contributed by atoms with van der Waals surface area (Å²) in [6.07, 6.45) is 2.30. The third-order valence-corrected chi connectivity index (χ3v) is 14.1. The molecule has 42 heavy (non-hydrogen) atoms. The maximum Gasteiger partial charge on any atom is 0.333 e. The normalized spacial score (nSPS) is 60.3. The fourth-order valence-corrected chi connectivity index (χ4v) is 11.8. The molecule has 6 N–H and O–H groups in total. The average Bonchev–Trinajstić information content (AvgIpc) is 3.09. The Balaban J connectivity index is 1.32. The second kappa shape index (κ2) is 8.57. The molecule has 3 saturated heterocycles. The summed E-state index contributed by atoms with van der Waals surface area (Å²) in [6, 6.07) is -0.387. The number of aliphatic hydroxyl groups is 6. The zero-order valence-electron chi connectivity index (χ0n) is 25.5.